The summed E-state index contributed by atoms with van der Waals surface area (Å²) >= 11 is 0. The molecule has 0 radical (unpaired) electrons. The first-order chi connectivity index (χ1) is 35.9. The van der Waals surface area contributed by atoms with Crippen molar-refractivity contribution in [2.75, 3.05) is 71.4 Å². The molecule has 1 amide bonds. The Bertz CT molecular complexity index is 2370. The van der Waals surface area contributed by atoms with Gasteiger partial charge >= 0.3 is 11.9 Å². The molecule has 14 nitrogen and oxygen atoms in total. The highest BCUT2D eigenvalue weighted by molar-refractivity contribution is 6.04. The Kier molecular flexibility index (Phi) is 19.8. The molecule has 3 aromatic rings. The van der Waals surface area contributed by atoms with Gasteiger partial charge in [-0.25, -0.2) is 0 Å². The fraction of sp³-hybridized carbons (Fsp3) is 0.617. The Morgan fingerprint density at radius 3 is 1.96 bits per heavy atom. The van der Waals surface area contributed by atoms with E-state index in [0.29, 0.717) is 111 Å². The van der Waals surface area contributed by atoms with Gasteiger partial charge in [0.05, 0.1) is 77.1 Å². The van der Waals surface area contributed by atoms with Crippen LogP contribution in [0.15, 0.2) is 88.6 Å². The fourth-order valence-electron chi connectivity index (χ4n) is 13.0. The summed E-state index contributed by atoms with van der Waals surface area (Å²) in [6.07, 6.45) is 15.7. The lowest BCUT2D eigenvalue weighted by Gasteiger charge is -2.58. The van der Waals surface area contributed by atoms with Crippen molar-refractivity contribution in [2.24, 2.45) is 56.6 Å². The van der Waals surface area contributed by atoms with E-state index >= 15 is 0 Å². The van der Waals surface area contributed by atoms with Crippen molar-refractivity contribution in [1.29, 1.82) is 0 Å². The minimum absolute atomic E-state index is 0.0280. The number of allylic oxidation sites excluding steroid dienone is 1. The first-order valence-corrected chi connectivity index (χ1v) is 27.6. The van der Waals surface area contributed by atoms with Crippen LogP contribution >= 0.6 is 0 Å². The molecule has 8 atom stereocenters. The summed E-state index contributed by atoms with van der Waals surface area (Å²) < 4.78 is 45.7. The number of nitrogens with one attached hydrogen (secondary N) is 1. The van der Waals surface area contributed by atoms with Crippen molar-refractivity contribution in [3.63, 3.8) is 0 Å². The van der Waals surface area contributed by atoms with E-state index in [-0.39, 0.29) is 42.8 Å². The molecule has 5 aliphatic rings. The number of ether oxygens (including phenoxy) is 8. The number of esters is 2. The topological polar surface area (TPSA) is 162 Å². The van der Waals surface area contributed by atoms with Gasteiger partial charge in [-0.3, -0.25) is 14.4 Å². The van der Waals surface area contributed by atoms with E-state index in [0.717, 1.165) is 55.3 Å². The Labute approximate surface area is 439 Å². The van der Waals surface area contributed by atoms with Gasteiger partial charge in [0.1, 0.15) is 25.1 Å². The van der Waals surface area contributed by atoms with Gasteiger partial charge in [-0.1, -0.05) is 65.5 Å². The van der Waals surface area contributed by atoms with Crippen molar-refractivity contribution in [3.8, 4) is 17.2 Å². The molecule has 14 heteroatoms. The van der Waals surface area contributed by atoms with Crippen molar-refractivity contribution in [2.45, 2.75) is 124 Å². The molecule has 402 valence electrons. The molecule has 8 rings (SSSR count). The van der Waals surface area contributed by atoms with Gasteiger partial charge in [-0.15, -0.1) is 0 Å². The summed E-state index contributed by atoms with van der Waals surface area (Å²) in [7, 11) is 0. The summed E-state index contributed by atoms with van der Waals surface area (Å²) in [6, 6.07) is 18.6. The Balaban J connectivity index is 0.750. The van der Waals surface area contributed by atoms with Gasteiger partial charge in [-0.05, 0) is 152 Å². The zero-order valence-corrected chi connectivity index (χ0v) is 44.6. The number of benzene rings is 3. The second-order valence-corrected chi connectivity index (χ2v) is 22.1. The molecule has 0 saturated heterocycles. The molecular formula is C60H81N3O11. The van der Waals surface area contributed by atoms with Crippen LogP contribution in [0.2, 0.25) is 0 Å². The van der Waals surface area contributed by atoms with E-state index in [4.69, 9.17) is 37.9 Å². The Morgan fingerprint density at radius 1 is 0.676 bits per heavy atom. The standard InChI is InChI=1S/C60H81N3O11/c1-41(2)7-6-8-42(3)51-20-21-52-50-19-11-44-39-49(25-27-59(44,4)53(50)26-28-60(51,52)5)74-57(65)24-23-56(64)73-48-17-14-46(15-18-48)63-62-45-12-9-43(10-13-45)58(66)61-47-16-22-54-55(40-47)72-38-36-70-34-32-68-30-29-67-31-33-69-35-37-71-54/h9-18,22,40-42,49-53H,6-8,19-21,23-39H2,1-5H3,(H,61,66)/t42-,49+,50+,51-,52+,53+,59+,60-/m1/s1. The third kappa shape index (κ3) is 14.6. The maximum Gasteiger partial charge on any atom is 0.311 e. The molecular weight excluding hydrogens is 939 g/mol. The lowest BCUT2D eigenvalue weighted by atomic mass is 9.47. The average Bonchev–Trinajstić information content (AvgIpc) is 3.77. The van der Waals surface area contributed by atoms with E-state index in [1.807, 2.05) is 0 Å². The van der Waals surface area contributed by atoms with Gasteiger partial charge in [0.15, 0.2) is 11.5 Å². The van der Waals surface area contributed by atoms with Crippen LogP contribution in [0, 0.1) is 46.3 Å². The molecule has 3 aromatic carbocycles. The smallest absolute Gasteiger partial charge is 0.311 e. The maximum absolute atomic E-state index is 13.2. The molecule has 3 fully saturated rings. The summed E-state index contributed by atoms with van der Waals surface area (Å²) in [5.74, 6) is 4.88. The van der Waals surface area contributed by atoms with Crippen LogP contribution in [0.3, 0.4) is 0 Å². The third-order valence-corrected chi connectivity index (χ3v) is 16.9. The molecule has 1 heterocycles. The van der Waals surface area contributed by atoms with Crippen LogP contribution in [0.1, 0.15) is 128 Å². The van der Waals surface area contributed by atoms with E-state index in [2.05, 4.69) is 56.2 Å². The Morgan fingerprint density at radius 2 is 1.30 bits per heavy atom. The SMILES string of the molecule is CC(C)CCC[C@@H](C)[C@H]1CC[C@H]2[C@@H]3CC=C4C[C@@H](OC(=O)CCC(=O)Oc5ccc(N=Nc6ccc(C(=O)Nc7ccc8c(c7)OCCOCCOCCOCCOCCO8)cc6)cc5)CC[C@]4(C)[C@H]3CC[C@]12C. The predicted octanol–water partition coefficient (Wildman–Crippen LogP) is 12.8. The number of carbonyl (C=O) groups is 3. The van der Waals surface area contributed by atoms with Crippen molar-refractivity contribution < 1.29 is 52.3 Å². The Hall–Kier alpha value is -5.15. The van der Waals surface area contributed by atoms with Gasteiger partial charge in [0.25, 0.3) is 5.91 Å². The van der Waals surface area contributed by atoms with Crippen molar-refractivity contribution in [1.82, 2.24) is 0 Å². The average molecular weight is 1020 g/mol. The molecule has 0 unspecified atom stereocenters. The first kappa shape index (κ1) is 55.1. The molecule has 4 aliphatic carbocycles. The number of amides is 1. The summed E-state index contributed by atoms with van der Waals surface area (Å²) in [6.45, 7) is 16.5. The van der Waals surface area contributed by atoms with Crippen LogP contribution in [-0.4, -0.2) is 90.0 Å². The second-order valence-electron chi connectivity index (χ2n) is 22.1. The normalized spacial score (nSPS) is 27.3. The van der Waals surface area contributed by atoms with E-state index in [1.165, 1.54) is 50.5 Å². The predicted molar refractivity (Wildman–Crippen MR) is 284 cm³/mol. The fourth-order valence-corrected chi connectivity index (χ4v) is 13.0. The van der Waals surface area contributed by atoms with Gasteiger partial charge in [0.2, 0.25) is 0 Å². The molecule has 0 aromatic heterocycles. The first-order valence-electron chi connectivity index (χ1n) is 27.6. The maximum atomic E-state index is 13.2. The number of anilines is 1. The van der Waals surface area contributed by atoms with Crippen LogP contribution < -0.4 is 19.5 Å². The quantitative estimate of drug-likeness (QED) is 0.0708. The molecule has 3 saturated carbocycles. The third-order valence-electron chi connectivity index (χ3n) is 16.9. The number of rotatable bonds is 14. The second kappa shape index (κ2) is 26.6. The van der Waals surface area contributed by atoms with Crippen molar-refractivity contribution >= 4 is 34.9 Å². The molecule has 1 N–H and O–H groups in total. The highest BCUT2D eigenvalue weighted by Gasteiger charge is 2.59. The zero-order chi connectivity index (χ0) is 51.9. The van der Waals surface area contributed by atoms with Crippen LogP contribution in [-0.2, 0) is 33.3 Å². The zero-order valence-electron chi connectivity index (χ0n) is 44.6. The molecule has 1 aliphatic heterocycles. The van der Waals surface area contributed by atoms with E-state index < -0.39 is 5.97 Å². The molecule has 74 heavy (non-hydrogen) atoms. The lowest BCUT2D eigenvalue weighted by molar-refractivity contribution is -0.153. The number of fused-ring (bicyclic) bond motifs is 6. The van der Waals surface area contributed by atoms with Crippen molar-refractivity contribution in [3.05, 3.63) is 83.9 Å². The number of hydrogen-bond donors (Lipinski definition) is 1. The number of azo groups is 1. The monoisotopic (exact) mass is 1020 g/mol. The minimum atomic E-state index is -0.502. The lowest BCUT2D eigenvalue weighted by Crippen LogP contribution is -2.51. The van der Waals surface area contributed by atoms with Gasteiger partial charge in [-0.2, -0.15) is 10.2 Å². The van der Waals surface area contributed by atoms with Crippen LogP contribution in [0.4, 0.5) is 17.1 Å². The highest BCUT2D eigenvalue weighted by Crippen LogP contribution is 2.67. The molecule has 0 spiro atoms. The minimum Gasteiger partial charge on any atom is -0.487 e. The number of nitrogens with zero attached hydrogens (tertiary/aromatic N) is 2. The summed E-state index contributed by atoms with van der Waals surface area (Å²) in [5.41, 5.74) is 4.17. The van der Waals surface area contributed by atoms with Crippen LogP contribution in [0.5, 0.6) is 17.2 Å². The van der Waals surface area contributed by atoms with Crippen LogP contribution in [0.25, 0.3) is 0 Å². The number of hydrogen-bond acceptors (Lipinski definition) is 13. The van der Waals surface area contributed by atoms with E-state index in [9.17, 15) is 14.4 Å². The van der Waals surface area contributed by atoms with Gasteiger partial charge < -0.3 is 43.2 Å². The van der Waals surface area contributed by atoms with E-state index in [1.54, 1.807) is 66.7 Å². The van der Waals surface area contributed by atoms with Gasteiger partial charge in [0, 0.05) is 23.7 Å². The summed E-state index contributed by atoms with van der Waals surface area (Å²) in [5, 5.41) is 11.5. The molecule has 0 bridgehead atoms. The highest BCUT2D eigenvalue weighted by atomic mass is 16.6. The largest absolute Gasteiger partial charge is 0.487 e. The number of carbonyl (C=O) groups excluding carboxylic acids is 3. The summed E-state index contributed by atoms with van der Waals surface area (Å²) in [4.78, 5) is 39.1.